The summed E-state index contributed by atoms with van der Waals surface area (Å²) in [7, 11) is 2.01. The number of ether oxygens (including phenoxy) is 2. The van der Waals surface area contributed by atoms with Crippen molar-refractivity contribution in [1.29, 1.82) is 0 Å². The molecular weight excluding hydrogens is 228 g/mol. The molecule has 0 saturated carbocycles. The Bertz CT molecular complexity index is 405. The fraction of sp³-hybridized carbons (Fsp3) is 0.643. The summed E-state index contributed by atoms with van der Waals surface area (Å²) in [6, 6.07) is 4.60. The summed E-state index contributed by atoms with van der Waals surface area (Å²) >= 11 is 0. The summed E-state index contributed by atoms with van der Waals surface area (Å²) in [6.45, 7) is 1.45. The molecule has 1 saturated heterocycles. The van der Waals surface area contributed by atoms with Crippen molar-refractivity contribution in [3.63, 3.8) is 0 Å². The van der Waals surface area contributed by atoms with Crippen LogP contribution >= 0.6 is 0 Å². The number of nitrogens with one attached hydrogen (secondary N) is 1. The van der Waals surface area contributed by atoms with Crippen LogP contribution in [0.3, 0.4) is 0 Å². The highest BCUT2D eigenvalue weighted by Gasteiger charge is 2.32. The first-order chi connectivity index (χ1) is 8.88. The molecule has 1 aliphatic carbocycles. The summed E-state index contributed by atoms with van der Waals surface area (Å²) in [6.07, 6.45) is 5.06. The fourth-order valence-electron chi connectivity index (χ4n) is 3.07. The molecule has 0 spiro atoms. The first kappa shape index (κ1) is 12.1. The van der Waals surface area contributed by atoms with Crippen molar-refractivity contribution in [2.45, 2.75) is 37.5 Å². The van der Waals surface area contributed by atoms with Gasteiger partial charge in [-0.15, -0.1) is 0 Å². The Labute approximate surface area is 108 Å². The van der Waals surface area contributed by atoms with Gasteiger partial charge in [0.05, 0.1) is 13.2 Å². The molecule has 2 unspecified atom stereocenters. The van der Waals surface area contributed by atoms with Gasteiger partial charge in [0.15, 0.2) is 6.29 Å². The highest BCUT2D eigenvalue weighted by molar-refractivity contribution is 5.29. The van der Waals surface area contributed by atoms with Gasteiger partial charge < -0.3 is 14.8 Å². The molecule has 98 valence electrons. The maximum absolute atomic E-state index is 5.55. The number of rotatable bonds is 4. The molecule has 4 nitrogen and oxygen atoms in total. The van der Waals surface area contributed by atoms with Crippen molar-refractivity contribution < 1.29 is 9.47 Å². The lowest BCUT2D eigenvalue weighted by molar-refractivity contribution is -0.0539. The molecule has 1 aromatic rings. The Morgan fingerprint density at radius 3 is 3.06 bits per heavy atom. The van der Waals surface area contributed by atoms with E-state index in [4.69, 9.17) is 9.47 Å². The van der Waals surface area contributed by atoms with Crippen LogP contribution in [0.15, 0.2) is 18.3 Å². The second-order valence-corrected chi connectivity index (χ2v) is 4.99. The van der Waals surface area contributed by atoms with E-state index in [0.29, 0.717) is 12.0 Å². The minimum absolute atomic E-state index is 0.0461. The molecule has 0 bridgehead atoms. The number of likely N-dealkylation sites (N-methyl/N-ethyl adjacent to an activating group) is 1. The number of fused-ring (bicyclic) bond motifs is 1. The van der Waals surface area contributed by atoms with Crippen molar-refractivity contribution in [3.05, 3.63) is 29.6 Å². The van der Waals surface area contributed by atoms with Crippen LogP contribution in [0, 0.1) is 0 Å². The Balaban J connectivity index is 1.72. The summed E-state index contributed by atoms with van der Waals surface area (Å²) in [5.41, 5.74) is 2.66. The highest BCUT2D eigenvalue weighted by atomic mass is 16.7. The van der Waals surface area contributed by atoms with E-state index in [9.17, 15) is 0 Å². The van der Waals surface area contributed by atoms with E-state index < -0.39 is 0 Å². The molecule has 1 aromatic heterocycles. The third-order valence-corrected chi connectivity index (χ3v) is 4.00. The van der Waals surface area contributed by atoms with Gasteiger partial charge in [0.1, 0.15) is 0 Å². The standard InChI is InChI=1S/C14H20N2O2/c1-15-12(9-13-17-7-8-18-13)11-5-4-10-3-2-6-16-14(10)11/h2-3,6,11-13,15H,4-5,7-9H2,1H3. The van der Waals surface area contributed by atoms with Gasteiger partial charge in [0.25, 0.3) is 0 Å². The third kappa shape index (κ3) is 2.28. The number of aryl methyl sites for hydroxylation is 1. The monoisotopic (exact) mass is 248 g/mol. The zero-order valence-corrected chi connectivity index (χ0v) is 10.8. The van der Waals surface area contributed by atoms with Crippen LogP contribution in [0.4, 0.5) is 0 Å². The van der Waals surface area contributed by atoms with Crippen LogP contribution in [0.25, 0.3) is 0 Å². The van der Waals surface area contributed by atoms with Crippen molar-refractivity contribution in [2.24, 2.45) is 0 Å². The molecule has 1 aliphatic heterocycles. The van der Waals surface area contributed by atoms with E-state index >= 15 is 0 Å². The summed E-state index contributed by atoms with van der Waals surface area (Å²) < 4.78 is 11.1. The van der Waals surface area contributed by atoms with Gasteiger partial charge >= 0.3 is 0 Å². The molecule has 1 N–H and O–H groups in total. The van der Waals surface area contributed by atoms with Crippen molar-refractivity contribution >= 4 is 0 Å². The van der Waals surface area contributed by atoms with Crippen LogP contribution < -0.4 is 5.32 Å². The van der Waals surface area contributed by atoms with Gasteiger partial charge in [-0.25, -0.2) is 0 Å². The van der Waals surface area contributed by atoms with Gasteiger partial charge in [0, 0.05) is 30.3 Å². The van der Waals surface area contributed by atoms with E-state index in [1.807, 2.05) is 19.3 Å². The van der Waals surface area contributed by atoms with Crippen LogP contribution in [0.1, 0.15) is 30.0 Å². The van der Waals surface area contributed by atoms with Crippen LogP contribution in [0.2, 0.25) is 0 Å². The molecule has 0 aromatic carbocycles. The highest BCUT2D eigenvalue weighted by Crippen LogP contribution is 2.35. The molecule has 0 amide bonds. The predicted molar refractivity (Wildman–Crippen MR) is 68.5 cm³/mol. The molecule has 3 rings (SSSR count). The third-order valence-electron chi connectivity index (χ3n) is 4.00. The fourth-order valence-corrected chi connectivity index (χ4v) is 3.07. The molecule has 2 aliphatic rings. The minimum atomic E-state index is -0.0461. The van der Waals surface area contributed by atoms with E-state index in [0.717, 1.165) is 26.1 Å². The van der Waals surface area contributed by atoms with Gasteiger partial charge in [-0.1, -0.05) is 6.07 Å². The Morgan fingerprint density at radius 1 is 1.44 bits per heavy atom. The first-order valence-electron chi connectivity index (χ1n) is 6.72. The van der Waals surface area contributed by atoms with E-state index in [-0.39, 0.29) is 6.29 Å². The summed E-state index contributed by atoms with van der Waals surface area (Å²) in [5.74, 6) is 0.485. The van der Waals surface area contributed by atoms with Crippen molar-refractivity contribution in [2.75, 3.05) is 20.3 Å². The lowest BCUT2D eigenvalue weighted by Crippen LogP contribution is -2.35. The smallest absolute Gasteiger partial charge is 0.159 e. The maximum Gasteiger partial charge on any atom is 0.159 e. The average molecular weight is 248 g/mol. The SMILES string of the molecule is CNC(CC1OCCO1)C1CCc2cccnc21. The first-order valence-corrected chi connectivity index (χ1v) is 6.72. The Hall–Kier alpha value is -0.970. The number of pyridine rings is 1. The van der Waals surface area contributed by atoms with E-state index in [1.54, 1.807) is 0 Å². The maximum atomic E-state index is 5.55. The van der Waals surface area contributed by atoms with Crippen LogP contribution in [0.5, 0.6) is 0 Å². The van der Waals surface area contributed by atoms with Gasteiger partial charge in [-0.2, -0.15) is 0 Å². The van der Waals surface area contributed by atoms with Gasteiger partial charge in [-0.05, 0) is 31.5 Å². The van der Waals surface area contributed by atoms with Gasteiger partial charge in [-0.3, -0.25) is 4.98 Å². The Kier molecular flexibility index (Phi) is 3.59. The summed E-state index contributed by atoms with van der Waals surface area (Å²) in [4.78, 5) is 4.56. The number of nitrogens with zero attached hydrogens (tertiary/aromatic N) is 1. The van der Waals surface area contributed by atoms with Crippen molar-refractivity contribution in [3.8, 4) is 0 Å². The number of hydrogen-bond acceptors (Lipinski definition) is 4. The number of aromatic nitrogens is 1. The molecule has 18 heavy (non-hydrogen) atoms. The summed E-state index contributed by atoms with van der Waals surface area (Å²) in [5, 5.41) is 3.41. The van der Waals surface area contributed by atoms with Crippen LogP contribution in [-0.4, -0.2) is 37.6 Å². The molecule has 1 fully saturated rings. The lowest BCUT2D eigenvalue weighted by atomic mass is 9.94. The molecule has 4 heteroatoms. The zero-order chi connectivity index (χ0) is 12.4. The van der Waals surface area contributed by atoms with Gasteiger partial charge in [0.2, 0.25) is 0 Å². The normalized spacial score (nSPS) is 25.3. The zero-order valence-electron chi connectivity index (χ0n) is 10.8. The Morgan fingerprint density at radius 2 is 2.28 bits per heavy atom. The molecule has 2 atom stereocenters. The topological polar surface area (TPSA) is 43.4 Å². The van der Waals surface area contributed by atoms with E-state index in [2.05, 4.69) is 16.4 Å². The second-order valence-electron chi connectivity index (χ2n) is 4.99. The van der Waals surface area contributed by atoms with E-state index in [1.165, 1.54) is 17.7 Å². The molecule has 2 heterocycles. The van der Waals surface area contributed by atoms with Crippen molar-refractivity contribution in [1.82, 2.24) is 10.3 Å². The molecule has 0 radical (unpaired) electrons. The van der Waals surface area contributed by atoms with Crippen LogP contribution in [-0.2, 0) is 15.9 Å². The minimum Gasteiger partial charge on any atom is -0.350 e. The predicted octanol–water partition coefficient (Wildman–Crippen LogP) is 1.46. The average Bonchev–Trinajstić information content (AvgIpc) is 3.05. The number of hydrogen-bond donors (Lipinski definition) is 1. The lowest BCUT2D eigenvalue weighted by Gasteiger charge is -2.25. The largest absolute Gasteiger partial charge is 0.350 e. The molecular formula is C14H20N2O2. The quantitative estimate of drug-likeness (QED) is 0.876. The second kappa shape index (κ2) is 5.34.